The van der Waals surface area contributed by atoms with E-state index in [9.17, 15) is 4.79 Å². The second-order valence-electron chi connectivity index (χ2n) is 13.4. The number of hydrogen-bond acceptors (Lipinski definition) is 12. The fourth-order valence-electron chi connectivity index (χ4n) is 6.98. The minimum Gasteiger partial charge on any atom is -0.493 e. The zero-order valence-corrected chi connectivity index (χ0v) is 31.4. The van der Waals surface area contributed by atoms with E-state index >= 15 is 0 Å². The lowest BCUT2D eigenvalue weighted by Gasteiger charge is -2.36. The summed E-state index contributed by atoms with van der Waals surface area (Å²) in [4.78, 5) is 18.7. The van der Waals surface area contributed by atoms with Crippen molar-refractivity contribution in [1.82, 2.24) is 5.32 Å². The topological polar surface area (TPSA) is 137 Å². The van der Waals surface area contributed by atoms with E-state index in [2.05, 4.69) is 15.8 Å². The highest BCUT2D eigenvalue weighted by atomic mass is 16.6. The van der Waals surface area contributed by atoms with Crippen molar-refractivity contribution in [3.8, 4) is 46.0 Å². The van der Waals surface area contributed by atoms with Gasteiger partial charge in [0.05, 0.1) is 66.6 Å². The predicted octanol–water partition coefficient (Wildman–Crippen LogP) is 7.00. The van der Waals surface area contributed by atoms with Gasteiger partial charge < -0.3 is 53.4 Å². The van der Waals surface area contributed by atoms with E-state index in [0.29, 0.717) is 64.6 Å². The number of nitrogens with one attached hydrogen (secondary N) is 2. The predicted molar refractivity (Wildman–Crippen MR) is 201 cm³/mol. The van der Waals surface area contributed by atoms with Gasteiger partial charge >= 0.3 is 0 Å². The molecule has 2 N–H and O–H groups in total. The summed E-state index contributed by atoms with van der Waals surface area (Å²) in [5, 5.41) is 10.8. The van der Waals surface area contributed by atoms with Crippen LogP contribution < -0.4 is 48.5 Å². The third kappa shape index (κ3) is 7.17. The Morgan fingerprint density at radius 3 is 2.00 bits per heavy atom. The summed E-state index contributed by atoms with van der Waals surface area (Å²) < 4.78 is 46.4. The highest BCUT2D eigenvalue weighted by molar-refractivity contribution is 6.03. The van der Waals surface area contributed by atoms with E-state index in [-0.39, 0.29) is 24.0 Å². The Bertz CT molecular complexity index is 2010. The lowest BCUT2D eigenvalue weighted by Crippen LogP contribution is -2.38. The first-order valence-corrected chi connectivity index (χ1v) is 17.7. The van der Waals surface area contributed by atoms with Crippen molar-refractivity contribution < 1.29 is 47.5 Å². The van der Waals surface area contributed by atoms with Crippen molar-refractivity contribution in [3.63, 3.8) is 0 Å². The summed E-state index contributed by atoms with van der Waals surface area (Å²) in [6, 6.07) is 19.0. The van der Waals surface area contributed by atoms with Crippen LogP contribution in [-0.4, -0.2) is 67.0 Å². The second kappa shape index (κ2) is 15.6. The van der Waals surface area contributed by atoms with Crippen LogP contribution in [0.25, 0.3) is 0 Å². The molecular weight excluding hydrogens is 694 g/mol. The largest absolute Gasteiger partial charge is 0.493 e. The number of carbonyl (C=O) groups excluding carboxylic acids is 1. The van der Waals surface area contributed by atoms with Crippen LogP contribution in [0.15, 0.2) is 65.8 Å². The normalized spacial score (nSPS) is 19.8. The van der Waals surface area contributed by atoms with Gasteiger partial charge in [0, 0.05) is 23.2 Å². The quantitative estimate of drug-likeness (QED) is 0.138. The number of carbonyl (C=O) groups is 1. The Hall–Kier alpha value is -5.98. The number of methoxy groups -OCH3 is 6. The lowest BCUT2D eigenvalue weighted by molar-refractivity contribution is 0.0343. The highest BCUT2D eigenvalue weighted by Crippen LogP contribution is 2.46. The van der Waals surface area contributed by atoms with Crippen LogP contribution in [0.2, 0.25) is 0 Å². The van der Waals surface area contributed by atoms with Crippen LogP contribution in [0.5, 0.6) is 46.0 Å². The number of ether oxygens (including phenoxy) is 8. The molecule has 1 fully saturated rings. The maximum Gasteiger partial charge on any atom is 0.255 e. The average molecular weight is 740 g/mol. The molecule has 1 aliphatic carbocycles. The Morgan fingerprint density at radius 1 is 0.704 bits per heavy atom. The van der Waals surface area contributed by atoms with Crippen molar-refractivity contribution in [1.29, 1.82) is 0 Å². The third-order valence-electron chi connectivity index (χ3n) is 9.99. The maximum absolute atomic E-state index is 12.8. The number of rotatable bonds is 14. The number of benzene rings is 4. The van der Waals surface area contributed by atoms with E-state index < -0.39 is 6.17 Å². The van der Waals surface area contributed by atoms with Crippen LogP contribution in [0.3, 0.4) is 0 Å². The van der Waals surface area contributed by atoms with E-state index in [4.69, 9.17) is 42.7 Å². The van der Waals surface area contributed by atoms with Gasteiger partial charge in [-0.2, -0.15) is 0 Å². The van der Waals surface area contributed by atoms with Gasteiger partial charge in [-0.25, -0.2) is 0 Å². The Balaban J connectivity index is 0.955. The molecule has 7 rings (SSSR count). The molecule has 2 unspecified atom stereocenters. The summed E-state index contributed by atoms with van der Waals surface area (Å²) in [7, 11) is 9.54. The number of amides is 1. The number of anilines is 1. The summed E-state index contributed by atoms with van der Waals surface area (Å²) in [5.41, 5.74) is 5.69. The van der Waals surface area contributed by atoms with Crippen LogP contribution in [0.1, 0.15) is 64.1 Å². The van der Waals surface area contributed by atoms with Gasteiger partial charge in [0.2, 0.25) is 11.5 Å². The SMILES string of the molecule is COc1cc(C2NC(=O)c3cc(C)ccc3N2)ccc1OCC1CC(Oc2c(OC)cc(C3CC(c4cc(OC)c(OC)c(OC)c4)=NO3)cc2OC)C1. The first kappa shape index (κ1) is 36.4. The van der Waals surface area contributed by atoms with Crippen LogP contribution in [0.4, 0.5) is 5.69 Å². The number of hydrogen-bond donors (Lipinski definition) is 2. The average Bonchev–Trinajstić information content (AvgIpc) is 3.68. The molecule has 2 heterocycles. The molecule has 0 bridgehead atoms. The van der Waals surface area contributed by atoms with E-state index in [1.807, 2.05) is 67.6 Å². The molecule has 4 aromatic carbocycles. The molecule has 54 heavy (non-hydrogen) atoms. The third-order valence-corrected chi connectivity index (χ3v) is 9.99. The molecule has 2 atom stereocenters. The molecule has 0 aromatic heterocycles. The molecule has 3 aliphatic rings. The summed E-state index contributed by atoms with van der Waals surface area (Å²) in [6.45, 7) is 2.47. The number of nitrogens with zero attached hydrogens (tertiary/aromatic N) is 1. The highest BCUT2D eigenvalue weighted by Gasteiger charge is 2.35. The first-order chi connectivity index (χ1) is 26.2. The number of aryl methyl sites for hydroxylation is 1. The number of fused-ring (bicyclic) bond motifs is 1. The van der Waals surface area contributed by atoms with Gasteiger partial charge in [-0.3, -0.25) is 4.79 Å². The van der Waals surface area contributed by atoms with Gasteiger partial charge in [-0.1, -0.05) is 22.9 Å². The molecule has 4 aromatic rings. The molecule has 2 aliphatic heterocycles. The van der Waals surface area contributed by atoms with Crippen molar-refractivity contribution in [2.24, 2.45) is 11.1 Å². The maximum atomic E-state index is 12.8. The summed E-state index contributed by atoms with van der Waals surface area (Å²) in [5.74, 6) is 4.59. The van der Waals surface area contributed by atoms with E-state index in [1.165, 1.54) is 0 Å². The minimum atomic E-state index is -0.395. The van der Waals surface area contributed by atoms with Crippen LogP contribution in [0, 0.1) is 12.8 Å². The first-order valence-electron chi connectivity index (χ1n) is 17.7. The van der Waals surface area contributed by atoms with Gasteiger partial charge in [-0.05, 0) is 79.8 Å². The van der Waals surface area contributed by atoms with Crippen molar-refractivity contribution in [2.45, 2.75) is 44.6 Å². The number of oxime groups is 1. The zero-order valence-electron chi connectivity index (χ0n) is 31.4. The second-order valence-corrected chi connectivity index (χ2v) is 13.4. The van der Waals surface area contributed by atoms with Gasteiger partial charge in [0.15, 0.2) is 40.6 Å². The Labute approximate surface area is 314 Å². The van der Waals surface area contributed by atoms with E-state index in [1.54, 1.807) is 42.7 Å². The summed E-state index contributed by atoms with van der Waals surface area (Å²) >= 11 is 0. The Morgan fingerprint density at radius 2 is 1.35 bits per heavy atom. The van der Waals surface area contributed by atoms with Crippen molar-refractivity contribution in [2.75, 3.05) is 54.6 Å². The van der Waals surface area contributed by atoms with Crippen molar-refractivity contribution >= 4 is 17.3 Å². The lowest BCUT2D eigenvalue weighted by atomic mass is 9.83. The van der Waals surface area contributed by atoms with Gasteiger partial charge in [0.25, 0.3) is 5.91 Å². The standard InChI is InChI=1S/C41H45N3O10/c1-22-8-10-29-28(12-22)41(45)43-40(42-29)24-9-11-31(33(15-24)46-2)52-21-23-13-27(14-23)53-39-36(49-5)18-26(19-37(39)50-6)32-20-30(44-54-32)25-16-34(47-3)38(51-7)35(17-25)48-4/h8-12,15-19,23,27,32,40,42H,13-14,20-21H2,1-7H3,(H,43,45). The minimum absolute atomic E-state index is 0.0399. The molecule has 0 spiro atoms. The van der Waals surface area contributed by atoms with Gasteiger partial charge in [-0.15, -0.1) is 0 Å². The molecular formula is C41H45N3O10. The molecule has 284 valence electrons. The molecule has 0 saturated heterocycles. The van der Waals surface area contributed by atoms with Crippen LogP contribution in [-0.2, 0) is 4.84 Å². The zero-order chi connectivity index (χ0) is 37.9. The molecule has 13 heteroatoms. The summed E-state index contributed by atoms with van der Waals surface area (Å²) in [6.07, 6.45) is 1.29. The fraction of sp³-hybridized carbons (Fsp3) is 0.366. The molecule has 1 amide bonds. The fourth-order valence-corrected chi connectivity index (χ4v) is 6.98. The van der Waals surface area contributed by atoms with Gasteiger partial charge in [0.1, 0.15) is 6.17 Å². The molecule has 1 saturated carbocycles. The Kier molecular flexibility index (Phi) is 10.5. The van der Waals surface area contributed by atoms with Crippen LogP contribution >= 0.6 is 0 Å². The monoisotopic (exact) mass is 739 g/mol. The van der Waals surface area contributed by atoms with E-state index in [0.717, 1.165) is 46.5 Å². The smallest absolute Gasteiger partial charge is 0.255 e. The van der Waals surface area contributed by atoms with Crippen molar-refractivity contribution in [3.05, 3.63) is 88.5 Å². The molecule has 13 nitrogen and oxygen atoms in total. The molecule has 0 radical (unpaired) electrons.